The fraction of sp³-hybridized carbons (Fsp3) is 0.769. The van der Waals surface area contributed by atoms with Crippen LogP contribution in [0.25, 0.3) is 0 Å². The van der Waals surface area contributed by atoms with Crippen LogP contribution < -0.4 is 5.32 Å². The number of thioether (sulfide) groups is 1. The van der Waals surface area contributed by atoms with Gasteiger partial charge in [0.25, 0.3) is 0 Å². The van der Waals surface area contributed by atoms with Crippen molar-refractivity contribution in [2.24, 2.45) is 10.8 Å². The molecule has 0 aliphatic carbocycles. The van der Waals surface area contributed by atoms with Gasteiger partial charge in [-0.15, -0.1) is 0 Å². The first-order valence-corrected chi connectivity index (χ1v) is 7.05. The molecule has 0 aliphatic heterocycles. The van der Waals surface area contributed by atoms with Crippen molar-refractivity contribution < 1.29 is 19.5 Å². The predicted octanol–water partition coefficient (Wildman–Crippen LogP) is 1.91. The molecule has 0 saturated carbocycles. The second-order valence-corrected chi connectivity index (χ2v) is 7.46. The van der Waals surface area contributed by atoms with Gasteiger partial charge in [0.2, 0.25) is 5.91 Å². The first-order valence-electron chi connectivity index (χ1n) is 6.06. The minimum atomic E-state index is -1.13. The Bertz CT molecular complexity index is 366. The van der Waals surface area contributed by atoms with Gasteiger partial charge in [0.15, 0.2) is 5.12 Å². The molecule has 19 heavy (non-hydrogen) atoms. The Morgan fingerprint density at radius 1 is 1.05 bits per heavy atom. The molecular formula is C13H23NO4S. The molecule has 2 N–H and O–H groups in total. The zero-order valence-corrected chi connectivity index (χ0v) is 13.2. The van der Waals surface area contributed by atoms with Crippen LogP contribution in [0.3, 0.4) is 0 Å². The maximum atomic E-state index is 11.8. The number of carboxylic acids is 1. The highest BCUT2D eigenvalue weighted by Gasteiger charge is 2.29. The summed E-state index contributed by atoms with van der Waals surface area (Å²) in [6.07, 6.45) is 0. The van der Waals surface area contributed by atoms with Gasteiger partial charge in [-0.1, -0.05) is 53.3 Å². The Balaban J connectivity index is 4.58. The van der Waals surface area contributed by atoms with Crippen molar-refractivity contribution in [2.45, 2.75) is 47.6 Å². The van der Waals surface area contributed by atoms with E-state index in [1.165, 1.54) is 0 Å². The average molecular weight is 289 g/mol. The van der Waals surface area contributed by atoms with Crippen LogP contribution in [0.1, 0.15) is 41.5 Å². The van der Waals surface area contributed by atoms with E-state index in [0.29, 0.717) is 0 Å². The molecule has 0 saturated heterocycles. The lowest BCUT2D eigenvalue weighted by Gasteiger charge is -2.22. The van der Waals surface area contributed by atoms with Gasteiger partial charge in [0, 0.05) is 16.6 Å². The van der Waals surface area contributed by atoms with Crippen molar-refractivity contribution in [1.29, 1.82) is 0 Å². The van der Waals surface area contributed by atoms with Crippen LogP contribution in [-0.2, 0) is 14.4 Å². The Morgan fingerprint density at radius 2 is 1.53 bits per heavy atom. The molecule has 0 bridgehead atoms. The van der Waals surface area contributed by atoms with Crippen LogP contribution in [0.2, 0.25) is 0 Å². The van der Waals surface area contributed by atoms with Crippen LogP contribution in [0.5, 0.6) is 0 Å². The van der Waals surface area contributed by atoms with Crippen LogP contribution in [0.4, 0.5) is 0 Å². The fourth-order valence-electron chi connectivity index (χ4n) is 0.925. The SMILES string of the molecule is CC(C)(C)C(=O)NC(CSC(=O)C(C)(C)C)C(=O)O. The summed E-state index contributed by atoms with van der Waals surface area (Å²) in [5.41, 5.74) is -1.19. The van der Waals surface area contributed by atoms with E-state index in [1.54, 1.807) is 41.5 Å². The molecule has 5 nitrogen and oxygen atoms in total. The van der Waals surface area contributed by atoms with Gasteiger partial charge in [-0.05, 0) is 0 Å². The number of carboxylic acid groups (broad SMARTS) is 1. The third-order valence-corrected chi connectivity index (χ3v) is 3.65. The van der Waals surface area contributed by atoms with E-state index in [1.807, 2.05) is 0 Å². The van der Waals surface area contributed by atoms with E-state index in [0.717, 1.165) is 11.8 Å². The molecule has 0 aliphatic rings. The summed E-state index contributed by atoms with van der Waals surface area (Å²) in [5, 5.41) is 11.4. The number of hydrogen-bond acceptors (Lipinski definition) is 4. The van der Waals surface area contributed by atoms with E-state index >= 15 is 0 Å². The number of rotatable bonds is 4. The molecule has 1 unspecified atom stereocenters. The molecule has 1 atom stereocenters. The maximum Gasteiger partial charge on any atom is 0.327 e. The van der Waals surface area contributed by atoms with Crippen LogP contribution >= 0.6 is 11.8 Å². The summed E-state index contributed by atoms with van der Waals surface area (Å²) < 4.78 is 0. The summed E-state index contributed by atoms with van der Waals surface area (Å²) in [5.74, 6) is -1.44. The second kappa shape index (κ2) is 6.41. The molecule has 1 amide bonds. The van der Waals surface area contributed by atoms with Gasteiger partial charge in [-0.25, -0.2) is 4.79 Å². The molecule has 0 aromatic rings. The largest absolute Gasteiger partial charge is 0.480 e. The van der Waals surface area contributed by atoms with Gasteiger partial charge in [0.05, 0.1) is 0 Å². The lowest BCUT2D eigenvalue weighted by Crippen LogP contribution is -2.47. The fourth-order valence-corrected chi connectivity index (χ4v) is 1.90. The first-order chi connectivity index (χ1) is 8.35. The summed E-state index contributed by atoms with van der Waals surface area (Å²) >= 11 is 0.938. The lowest BCUT2D eigenvalue weighted by atomic mass is 9.95. The number of nitrogens with one attached hydrogen (secondary N) is 1. The highest BCUT2D eigenvalue weighted by molar-refractivity contribution is 8.13. The predicted molar refractivity (Wildman–Crippen MR) is 75.9 cm³/mol. The number of hydrogen-bond donors (Lipinski definition) is 2. The summed E-state index contributed by atoms with van der Waals surface area (Å²) in [6, 6.07) is -1.05. The van der Waals surface area contributed by atoms with Gasteiger partial charge in [-0.3, -0.25) is 9.59 Å². The normalized spacial score (nSPS) is 13.8. The summed E-state index contributed by atoms with van der Waals surface area (Å²) in [7, 11) is 0. The third kappa shape index (κ3) is 6.61. The van der Waals surface area contributed by atoms with E-state index in [9.17, 15) is 14.4 Å². The van der Waals surface area contributed by atoms with Gasteiger partial charge in [-0.2, -0.15) is 0 Å². The van der Waals surface area contributed by atoms with Crippen LogP contribution in [-0.4, -0.2) is 33.9 Å². The van der Waals surface area contributed by atoms with Crippen molar-refractivity contribution in [3.8, 4) is 0 Å². The number of carbonyl (C=O) groups excluding carboxylic acids is 2. The smallest absolute Gasteiger partial charge is 0.327 e. The second-order valence-electron chi connectivity index (χ2n) is 6.46. The van der Waals surface area contributed by atoms with E-state index in [-0.39, 0.29) is 16.8 Å². The molecule has 0 aromatic heterocycles. The molecule has 110 valence electrons. The monoisotopic (exact) mass is 289 g/mol. The van der Waals surface area contributed by atoms with Crippen molar-refractivity contribution in [3.05, 3.63) is 0 Å². The zero-order valence-electron chi connectivity index (χ0n) is 12.4. The van der Waals surface area contributed by atoms with Crippen molar-refractivity contribution >= 4 is 28.8 Å². The summed E-state index contributed by atoms with van der Waals surface area (Å²) in [6.45, 7) is 10.4. The maximum absolute atomic E-state index is 11.8. The molecule has 0 aromatic carbocycles. The van der Waals surface area contributed by atoms with Gasteiger partial charge in [0.1, 0.15) is 6.04 Å². The quantitative estimate of drug-likeness (QED) is 0.826. The standard InChI is InChI=1S/C13H23NO4S/c1-12(2,3)10(17)14-8(9(15)16)7-19-11(18)13(4,5)6/h8H,7H2,1-6H3,(H,14,17)(H,15,16). The first kappa shape index (κ1) is 18.0. The van der Waals surface area contributed by atoms with Crippen molar-refractivity contribution in [3.63, 3.8) is 0 Å². The Labute approximate surface area is 118 Å². The molecular weight excluding hydrogens is 266 g/mol. The van der Waals surface area contributed by atoms with E-state index in [4.69, 9.17) is 5.11 Å². The zero-order chi connectivity index (χ0) is 15.4. The molecule has 0 heterocycles. The third-order valence-electron chi connectivity index (χ3n) is 2.28. The van der Waals surface area contributed by atoms with Crippen LogP contribution in [0, 0.1) is 10.8 Å². The minimum Gasteiger partial charge on any atom is -0.480 e. The molecule has 0 fully saturated rings. The number of aliphatic carboxylic acids is 1. The Kier molecular flexibility index (Phi) is 6.06. The Hall–Kier alpha value is -1.04. The minimum absolute atomic E-state index is 0.0350. The number of carbonyl (C=O) groups is 3. The van der Waals surface area contributed by atoms with E-state index in [2.05, 4.69) is 5.32 Å². The average Bonchev–Trinajstić information content (AvgIpc) is 2.19. The molecule has 6 heteroatoms. The Morgan fingerprint density at radius 3 is 1.84 bits per heavy atom. The van der Waals surface area contributed by atoms with Crippen molar-refractivity contribution in [2.75, 3.05) is 5.75 Å². The van der Waals surface area contributed by atoms with E-state index < -0.39 is 22.8 Å². The van der Waals surface area contributed by atoms with Crippen molar-refractivity contribution in [1.82, 2.24) is 5.32 Å². The van der Waals surface area contributed by atoms with Gasteiger partial charge >= 0.3 is 5.97 Å². The molecule has 0 spiro atoms. The van der Waals surface area contributed by atoms with Gasteiger partial charge < -0.3 is 10.4 Å². The molecule has 0 radical (unpaired) electrons. The summed E-state index contributed by atoms with van der Waals surface area (Å²) in [4.78, 5) is 34.6. The van der Waals surface area contributed by atoms with Crippen LogP contribution in [0.15, 0.2) is 0 Å². The topological polar surface area (TPSA) is 83.5 Å². The number of amides is 1. The highest BCUT2D eigenvalue weighted by Crippen LogP contribution is 2.23. The lowest BCUT2D eigenvalue weighted by molar-refractivity contribution is -0.142. The molecule has 0 rings (SSSR count). The highest BCUT2D eigenvalue weighted by atomic mass is 32.2.